The molecule has 2 aliphatic rings. The number of carbonyl (C=O) groups is 6. The Morgan fingerprint density at radius 1 is 0.576 bits per heavy atom. The van der Waals surface area contributed by atoms with Crippen LogP contribution < -0.4 is 5.43 Å². The number of nitrogens with one attached hydrogen (secondary N) is 1. The summed E-state index contributed by atoms with van der Waals surface area (Å²) in [5, 5.41) is 12.1. The number of halogens is 2. The number of esters is 2. The van der Waals surface area contributed by atoms with Crippen molar-refractivity contribution in [2.45, 2.75) is 87.2 Å². The van der Waals surface area contributed by atoms with Crippen LogP contribution >= 0.6 is 0 Å². The predicted molar refractivity (Wildman–Crippen MR) is 240 cm³/mol. The van der Waals surface area contributed by atoms with Gasteiger partial charge in [0.15, 0.2) is 0 Å². The quantitative estimate of drug-likeness (QED) is 0.116. The van der Waals surface area contributed by atoms with Crippen LogP contribution in [0.3, 0.4) is 0 Å². The minimum Gasteiger partial charge on any atom is -0.481 e. The van der Waals surface area contributed by atoms with Gasteiger partial charge in [-0.05, 0) is 88.1 Å². The number of rotatable bonds is 10. The molecule has 2 aliphatic heterocycles. The Morgan fingerprint density at radius 3 is 1.45 bits per heavy atom. The number of carboxylic acid groups (broad SMARTS) is 1. The number of ether oxygens (including phenoxy) is 4. The van der Waals surface area contributed by atoms with Crippen molar-refractivity contribution in [3.63, 3.8) is 0 Å². The van der Waals surface area contributed by atoms with Gasteiger partial charge in [-0.15, -0.1) is 0 Å². The van der Waals surface area contributed by atoms with Gasteiger partial charge in [0.05, 0.1) is 49.9 Å². The Labute approximate surface area is 384 Å². The second-order valence-electron chi connectivity index (χ2n) is 17.2. The van der Waals surface area contributed by atoms with E-state index in [-0.39, 0.29) is 76.9 Å². The molecule has 0 spiro atoms. The van der Waals surface area contributed by atoms with Crippen molar-refractivity contribution in [1.82, 2.24) is 20.5 Å². The van der Waals surface area contributed by atoms with Gasteiger partial charge >= 0.3 is 30.1 Å². The molecule has 4 aromatic carbocycles. The Bertz CT molecular complexity index is 2200. The molecule has 0 aliphatic carbocycles. The third-order valence-corrected chi connectivity index (χ3v) is 9.38. The summed E-state index contributed by atoms with van der Waals surface area (Å²) in [6.07, 6.45) is -2.31. The predicted octanol–water partition coefficient (Wildman–Crippen LogP) is 7.91. The first-order chi connectivity index (χ1) is 30.7. The smallest absolute Gasteiger partial charge is 0.429 e. The Morgan fingerprint density at radius 2 is 1.00 bits per heavy atom. The molecular formula is C49H60F2N4O11. The fourth-order valence-corrected chi connectivity index (χ4v) is 5.78. The number of carboxylic acids is 1. The number of benzene rings is 4. The van der Waals surface area contributed by atoms with Crippen LogP contribution in [0.5, 0.6) is 0 Å². The van der Waals surface area contributed by atoms with E-state index in [4.69, 9.17) is 24.1 Å². The molecule has 2 fully saturated rings. The van der Waals surface area contributed by atoms with Crippen LogP contribution in [0.25, 0.3) is 0 Å². The van der Waals surface area contributed by atoms with E-state index in [1.165, 1.54) is 58.5 Å². The first-order valence-electron chi connectivity index (χ1n) is 20.8. The molecule has 15 nitrogen and oxygen atoms in total. The summed E-state index contributed by atoms with van der Waals surface area (Å²) in [5.41, 5.74) is 4.55. The summed E-state index contributed by atoms with van der Waals surface area (Å²) in [6.45, 7) is 11.6. The van der Waals surface area contributed by atoms with Crippen molar-refractivity contribution < 1.29 is 61.6 Å². The maximum Gasteiger partial charge on any atom is 0.429 e. The van der Waals surface area contributed by atoms with Gasteiger partial charge < -0.3 is 24.1 Å². The van der Waals surface area contributed by atoms with Crippen LogP contribution in [-0.2, 0) is 64.2 Å². The minimum atomic E-state index is -0.906. The zero-order valence-corrected chi connectivity index (χ0v) is 37.3. The molecule has 4 aromatic rings. The molecule has 0 bridgehead atoms. The van der Waals surface area contributed by atoms with Crippen molar-refractivity contribution in [3.05, 3.63) is 143 Å². The van der Waals surface area contributed by atoms with E-state index in [1.54, 1.807) is 41.5 Å². The van der Waals surface area contributed by atoms with Gasteiger partial charge in [0.2, 0.25) is 5.91 Å². The number of aliphatic carboxylic acids is 1. The highest BCUT2D eigenvalue weighted by atomic mass is 19.1. The average Bonchev–Trinajstić information content (AvgIpc) is 3.92. The van der Waals surface area contributed by atoms with Crippen LogP contribution in [-0.4, -0.2) is 94.5 Å². The minimum absolute atomic E-state index is 0. The zero-order chi connectivity index (χ0) is 47.7. The summed E-state index contributed by atoms with van der Waals surface area (Å²) in [7, 11) is 0. The summed E-state index contributed by atoms with van der Waals surface area (Å²) >= 11 is 0. The van der Waals surface area contributed by atoms with Crippen molar-refractivity contribution >= 4 is 36.0 Å². The monoisotopic (exact) mass is 918 g/mol. The molecular weight excluding hydrogens is 859 g/mol. The second kappa shape index (κ2) is 25.0. The van der Waals surface area contributed by atoms with Crippen molar-refractivity contribution in [1.29, 1.82) is 0 Å². The number of nitrogens with zero attached hydrogens (tertiary/aromatic N) is 3. The molecule has 17 heteroatoms. The molecule has 2 heterocycles. The van der Waals surface area contributed by atoms with Crippen molar-refractivity contribution in [3.8, 4) is 0 Å². The maximum absolute atomic E-state index is 13.2. The molecule has 3 amide bonds. The van der Waals surface area contributed by atoms with E-state index in [9.17, 15) is 37.5 Å². The third kappa shape index (κ3) is 17.9. The number of hydrogen-bond donors (Lipinski definition) is 2. The zero-order valence-electron chi connectivity index (χ0n) is 37.3. The second-order valence-corrected chi connectivity index (χ2v) is 17.2. The van der Waals surface area contributed by atoms with Crippen LogP contribution in [0, 0.1) is 22.5 Å². The largest absolute Gasteiger partial charge is 0.481 e. The number of hydrogen-bond acceptors (Lipinski definition) is 11. The molecule has 0 saturated carbocycles. The van der Waals surface area contributed by atoms with Crippen LogP contribution in [0.2, 0.25) is 0 Å². The van der Waals surface area contributed by atoms with E-state index in [0.29, 0.717) is 17.7 Å². The van der Waals surface area contributed by atoms with Crippen LogP contribution in [0.1, 0.15) is 71.2 Å². The Hall–Kier alpha value is -6.88. The van der Waals surface area contributed by atoms with Gasteiger partial charge in [0.25, 0.3) is 0 Å². The third-order valence-electron chi connectivity index (χ3n) is 9.38. The molecule has 0 radical (unpaired) electrons. The summed E-state index contributed by atoms with van der Waals surface area (Å²) in [6, 6.07) is 29.6. The molecule has 356 valence electrons. The normalized spacial score (nSPS) is 15.4. The van der Waals surface area contributed by atoms with Gasteiger partial charge in [-0.3, -0.25) is 19.2 Å². The van der Waals surface area contributed by atoms with Crippen LogP contribution in [0.4, 0.5) is 18.4 Å². The van der Waals surface area contributed by atoms with E-state index >= 15 is 0 Å². The lowest BCUT2D eigenvalue weighted by molar-refractivity contribution is -0.158. The lowest BCUT2D eigenvalue weighted by Gasteiger charge is -2.26. The molecule has 6 rings (SSSR count). The Balaban J connectivity index is 0.000000293. The van der Waals surface area contributed by atoms with Gasteiger partial charge in [-0.2, -0.15) is 0 Å². The highest BCUT2D eigenvalue weighted by Crippen LogP contribution is 2.23. The van der Waals surface area contributed by atoms with Gasteiger partial charge in [-0.25, -0.2) is 38.8 Å². The van der Waals surface area contributed by atoms with E-state index in [1.807, 2.05) is 60.7 Å². The fourth-order valence-electron chi connectivity index (χ4n) is 5.78. The SMILES string of the molecule is C.CC(C)(C)C(=O)OC1CN(C(=O)Cc2ccc(F)cc2)N(C(=O)OCc2ccccc2)C1.CC(C)(C)C(=O)OC1CNN(C(=O)OCc2ccccc2)C1.O=C(O)Cc1ccc(F)cc1. The lowest BCUT2D eigenvalue weighted by Crippen LogP contribution is -2.45. The number of carbonyl (C=O) groups excluding carboxylic acids is 5. The van der Waals surface area contributed by atoms with E-state index < -0.39 is 46.9 Å². The van der Waals surface area contributed by atoms with Crippen LogP contribution in [0.15, 0.2) is 109 Å². The maximum atomic E-state index is 13.2. The van der Waals surface area contributed by atoms with E-state index in [0.717, 1.165) is 16.1 Å². The summed E-state index contributed by atoms with van der Waals surface area (Å²) in [5.74, 6) is -2.74. The standard InChI is InChI=1S/C24H27FN2O5.C16H22N2O4.C8H7FO2.CH4/c1-24(2,3)22(29)32-20-14-26(21(28)13-17-9-11-19(25)12-10-17)27(15-20)23(30)31-16-18-7-5-4-6-8-18;1-16(2,3)14(19)22-13-9-17-18(10-13)15(20)21-11-12-7-5-4-6-8-12;9-7-3-1-6(2-4-7)5-8(10)11;/h4-12,20H,13-16H2,1-3H3;4-8,13,17H,9-11H2,1-3H3;1-4H,5H2,(H,10,11);1H4. The topological polar surface area (TPSA) is 181 Å². The van der Waals surface area contributed by atoms with Gasteiger partial charge in [0.1, 0.15) is 37.1 Å². The molecule has 2 N–H and O–H groups in total. The first-order valence-corrected chi connectivity index (χ1v) is 20.8. The number of amides is 3. The molecule has 0 aromatic heterocycles. The molecule has 2 unspecified atom stereocenters. The summed E-state index contributed by atoms with van der Waals surface area (Å²) < 4.78 is 47.0. The first kappa shape index (κ1) is 53.5. The highest BCUT2D eigenvalue weighted by molar-refractivity contribution is 5.82. The highest BCUT2D eigenvalue weighted by Gasteiger charge is 2.41. The number of hydrazine groups is 2. The van der Waals surface area contributed by atoms with E-state index in [2.05, 4.69) is 5.43 Å². The van der Waals surface area contributed by atoms with Crippen molar-refractivity contribution in [2.75, 3.05) is 26.2 Å². The van der Waals surface area contributed by atoms with Gasteiger partial charge in [0, 0.05) is 0 Å². The Kier molecular flexibility index (Phi) is 20.2. The van der Waals surface area contributed by atoms with Crippen molar-refractivity contribution in [2.24, 2.45) is 10.8 Å². The molecule has 2 saturated heterocycles. The fraction of sp³-hybridized carbons (Fsp3) is 0.388. The van der Waals surface area contributed by atoms with Gasteiger partial charge in [-0.1, -0.05) is 92.4 Å². The summed E-state index contributed by atoms with van der Waals surface area (Å²) in [4.78, 5) is 72.0. The molecule has 66 heavy (non-hydrogen) atoms. The lowest BCUT2D eigenvalue weighted by atomic mass is 9.97. The molecule has 2 atom stereocenters. The average molecular weight is 919 g/mol.